The van der Waals surface area contributed by atoms with E-state index in [2.05, 4.69) is 0 Å². The summed E-state index contributed by atoms with van der Waals surface area (Å²) < 4.78 is -2.16. The predicted octanol–water partition coefficient (Wildman–Crippen LogP) is 6.99. The number of allylic oxidation sites excluding steroid dienone is 2. The smallest absolute Gasteiger partial charge is 0.274 e. The van der Waals surface area contributed by atoms with Crippen LogP contribution in [0.5, 0.6) is 0 Å². The van der Waals surface area contributed by atoms with Gasteiger partial charge in [-0.15, -0.1) is 23.2 Å². The van der Waals surface area contributed by atoms with Gasteiger partial charge in [0.25, 0.3) is 17.7 Å². The van der Waals surface area contributed by atoms with Crippen LogP contribution in [-0.4, -0.2) is 54.1 Å². The van der Waals surface area contributed by atoms with Crippen LogP contribution >= 0.6 is 92.8 Å². The Hall–Kier alpha value is -1.22. The number of Topliss-reactive ketones (excluding diaryl/α,β-unsaturated/α-hetero) is 1. The van der Waals surface area contributed by atoms with E-state index in [1.54, 1.807) is 24.3 Å². The number of benzene rings is 2. The third kappa shape index (κ3) is 3.83. The molecule has 14 heteroatoms. The summed E-state index contributed by atoms with van der Waals surface area (Å²) >= 11 is 51.6. The summed E-state index contributed by atoms with van der Waals surface area (Å²) in [6, 6.07) is 10.5. The van der Waals surface area contributed by atoms with Crippen molar-refractivity contribution in [1.29, 1.82) is 0 Å². The Morgan fingerprint density at radius 1 is 0.846 bits per heavy atom. The van der Waals surface area contributed by atoms with Crippen LogP contribution in [0.2, 0.25) is 10.0 Å². The van der Waals surface area contributed by atoms with E-state index in [1.165, 1.54) is 18.2 Å². The fourth-order valence-corrected chi connectivity index (χ4v) is 8.64. The third-order valence-electron chi connectivity index (χ3n) is 7.19. The number of amides is 3. The number of alkyl halides is 4. The van der Waals surface area contributed by atoms with Crippen LogP contribution in [0.4, 0.5) is 0 Å². The number of imide groups is 1. The fourth-order valence-electron chi connectivity index (χ4n) is 5.22. The zero-order valence-electron chi connectivity index (χ0n) is 19.5. The summed E-state index contributed by atoms with van der Waals surface area (Å²) in [6.45, 7) is 1.12. The van der Waals surface area contributed by atoms with Crippen LogP contribution in [0, 0.1) is 18.8 Å². The second-order valence-corrected chi connectivity index (χ2v) is 13.5. The highest BCUT2D eigenvalue weighted by molar-refractivity contribution is 6.66. The molecule has 4 atom stereocenters. The first-order chi connectivity index (χ1) is 18.1. The number of hydrazine groups is 1. The number of nitrogens with zero attached hydrogens (tertiary/aromatic N) is 2. The van der Waals surface area contributed by atoms with Gasteiger partial charge in [0.2, 0.25) is 0 Å². The molecule has 0 N–H and O–H groups in total. The summed E-state index contributed by atoms with van der Waals surface area (Å²) in [5, 5.41) is 0.796. The molecule has 3 aliphatic rings. The van der Waals surface area contributed by atoms with Crippen LogP contribution in [0.25, 0.3) is 0 Å². The van der Waals surface area contributed by atoms with Gasteiger partial charge in [-0.2, -0.15) is 5.01 Å². The molecule has 204 valence electrons. The average molecular weight is 690 g/mol. The maximum Gasteiger partial charge on any atom is 0.274 e. The molecule has 2 fully saturated rings. The van der Waals surface area contributed by atoms with Crippen molar-refractivity contribution in [1.82, 2.24) is 10.0 Å². The molecule has 6 nitrogen and oxygen atoms in total. The Morgan fingerprint density at radius 3 is 1.85 bits per heavy atom. The van der Waals surface area contributed by atoms with Gasteiger partial charge in [-0.1, -0.05) is 99.4 Å². The molecule has 0 spiro atoms. The number of carbonyl (C=O) groups is 4. The molecule has 2 aromatic rings. The van der Waals surface area contributed by atoms with E-state index in [0.29, 0.717) is 10.0 Å². The fraction of sp³-hybridized carbons (Fsp3) is 0.280. The highest BCUT2D eigenvalue weighted by Gasteiger charge is 2.88. The van der Waals surface area contributed by atoms with Crippen LogP contribution < -0.4 is 0 Å². The van der Waals surface area contributed by atoms with Crippen molar-refractivity contribution in [2.75, 3.05) is 6.54 Å². The van der Waals surface area contributed by atoms with Gasteiger partial charge in [-0.25, -0.2) is 5.01 Å². The Bertz CT molecular complexity index is 1460. The molecule has 5 rings (SSSR count). The minimum atomic E-state index is -2.16. The number of aryl methyl sites for hydroxylation is 1. The minimum absolute atomic E-state index is 0.0736. The lowest BCUT2D eigenvalue weighted by atomic mass is 9.84. The van der Waals surface area contributed by atoms with E-state index < -0.39 is 56.0 Å². The number of rotatable bonds is 5. The quantitative estimate of drug-likeness (QED) is 0.193. The van der Waals surface area contributed by atoms with Crippen molar-refractivity contribution in [3.8, 4) is 0 Å². The second-order valence-electron chi connectivity index (χ2n) is 9.35. The van der Waals surface area contributed by atoms with Crippen molar-refractivity contribution < 1.29 is 19.2 Å². The molecule has 1 saturated heterocycles. The molecular weight excluding hydrogens is 676 g/mol. The maximum absolute atomic E-state index is 13.9. The van der Waals surface area contributed by atoms with Crippen molar-refractivity contribution in [3.63, 3.8) is 0 Å². The van der Waals surface area contributed by atoms with E-state index in [4.69, 9.17) is 92.8 Å². The van der Waals surface area contributed by atoms with Gasteiger partial charge in [-0.05, 0) is 25.1 Å². The zero-order valence-corrected chi connectivity index (χ0v) is 25.5. The largest absolute Gasteiger partial charge is 0.292 e. The van der Waals surface area contributed by atoms with Crippen LogP contribution in [0.3, 0.4) is 0 Å². The van der Waals surface area contributed by atoms with E-state index in [0.717, 1.165) is 5.56 Å². The molecule has 2 aromatic carbocycles. The molecule has 2 bridgehead atoms. The van der Waals surface area contributed by atoms with E-state index in [-0.39, 0.29) is 31.2 Å². The summed E-state index contributed by atoms with van der Waals surface area (Å²) in [6.07, 6.45) is 0. The van der Waals surface area contributed by atoms with Crippen molar-refractivity contribution in [2.45, 2.75) is 21.0 Å². The lowest BCUT2D eigenvalue weighted by Crippen LogP contribution is -2.56. The first kappa shape index (κ1) is 29.3. The highest BCUT2D eigenvalue weighted by Crippen LogP contribution is 2.77. The molecule has 0 aromatic heterocycles. The Labute approximate surface area is 262 Å². The lowest BCUT2D eigenvalue weighted by Gasteiger charge is -2.36. The van der Waals surface area contributed by atoms with Crippen LogP contribution in [-0.2, 0) is 9.59 Å². The number of fused-ring (bicyclic) bond motifs is 5. The molecule has 1 aliphatic heterocycles. The molecule has 39 heavy (non-hydrogen) atoms. The molecule has 3 amide bonds. The van der Waals surface area contributed by atoms with Crippen molar-refractivity contribution >= 4 is 116 Å². The number of ketones is 1. The van der Waals surface area contributed by atoms with Gasteiger partial charge in [0, 0.05) is 10.6 Å². The lowest BCUT2D eigenvalue weighted by molar-refractivity contribution is -0.154. The van der Waals surface area contributed by atoms with Gasteiger partial charge in [-0.3, -0.25) is 19.2 Å². The molecule has 1 heterocycles. The normalized spacial score (nSPS) is 28.8. The molecule has 0 unspecified atom stereocenters. The number of carbonyl (C=O) groups excluding carboxylic acids is 4. The number of halogens is 8. The first-order valence-corrected chi connectivity index (χ1v) is 14.2. The van der Waals surface area contributed by atoms with E-state index in [1.807, 2.05) is 6.92 Å². The van der Waals surface area contributed by atoms with E-state index in [9.17, 15) is 19.2 Å². The molecule has 1 saturated carbocycles. The van der Waals surface area contributed by atoms with Crippen molar-refractivity contribution in [2.24, 2.45) is 11.8 Å². The predicted molar refractivity (Wildman–Crippen MR) is 152 cm³/mol. The van der Waals surface area contributed by atoms with Gasteiger partial charge >= 0.3 is 0 Å². The number of hydrogen-bond acceptors (Lipinski definition) is 4. The van der Waals surface area contributed by atoms with E-state index >= 15 is 0 Å². The van der Waals surface area contributed by atoms with Gasteiger partial charge in [0.15, 0.2) is 10.1 Å². The second kappa shape index (κ2) is 9.67. The third-order valence-corrected chi connectivity index (χ3v) is 12.0. The summed E-state index contributed by atoms with van der Waals surface area (Å²) in [5.41, 5.74) is 1.00. The van der Waals surface area contributed by atoms with Crippen molar-refractivity contribution in [3.05, 3.63) is 79.3 Å². The maximum atomic E-state index is 13.9. The number of hydrogen-bond donors (Lipinski definition) is 0. The standard InChI is InChI=1S/C25H14Cl8N2O4/c1-10-2-4-11(5-3-10)15(36)9-34(20(37)13-7-6-12(26)8-14(13)27)35-21(38)16-17(22(35)39)24(31)19(29)18(28)23(16,30)25(24,32)33/h2-8,16-17H,9H2,1H3/t16-,17+,23-,24-/m1/s1. The molecular formula is C25H14Cl8N2O4. The highest BCUT2D eigenvalue weighted by atomic mass is 35.5. The van der Waals surface area contributed by atoms with Gasteiger partial charge in [0.05, 0.1) is 32.5 Å². The first-order valence-electron chi connectivity index (χ1n) is 11.2. The monoisotopic (exact) mass is 686 g/mol. The molecule has 0 radical (unpaired) electrons. The Morgan fingerprint density at radius 2 is 1.36 bits per heavy atom. The van der Waals surface area contributed by atoms with Gasteiger partial charge in [0.1, 0.15) is 16.3 Å². The summed E-state index contributed by atoms with van der Waals surface area (Å²) in [7, 11) is 0. The summed E-state index contributed by atoms with van der Waals surface area (Å²) in [5.74, 6) is -6.50. The molecule has 2 aliphatic carbocycles. The average Bonchev–Trinajstić information content (AvgIpc) is 3.26. The SMILES string of the molecule is Cc1ccc(C(=O)CN(C(=O)c2ccc(Cl)cc2Cl)N2C(=O)[C@@H]3[C@H](C2=O)[C@@]2(Cl)C(Cl)=C(Cl)[C@@]3(Cl)C2(Cl)Cl)cc1. The summed E-state index contributed by atoms with van der Waals surface area (Å²) in [4.78, 5) is 50.8. The topological polar surface area (TPSA) is 74.8 Å². The Kier molecular flexibility index (Phi) is 7.26. The minimum Gasteiger partial charge on any atom is -0.292 e. The zero-order chi connectivity index (χ0) is 28.8. The van der Waals surface area contributed by atoms with Crippen LogP contribution in [0.15, 0.2) is 52.5 Å². The van der Waals surface area contributed by atoms with Gasteiger partial charge < -0.3 is 0 Å². The van der Waals surface area contributed by atoms with Crippen LogP contribution in [0.1, 0.15) is 26.3 Å². The Balaban J connectivity index is 1.61.